The number of aromatic amines is 1. The van der Waals surface area contributed by atoms with Gasteiger partial charge in [0.05, 0.1) is 24.7 Å². The predicted octanol–water partition coefficient (Wildman–Crippen LogP) is -0.325. The molecule has 0 radical (unpaired) electrons. The van der Waals surface area contributed by atoms with E-state index in [2.05, 4.69) is 15.0 Å². The maximum Gasteiger partial charge on any atom is 0.242 e. The second-order valence-electron chi connectivity index (χ2n) is 3.89. The van der Waals surface area contributed by atoms with E-state index in [1.165, 1.54) is 6.20 Å². The van der Waals surface area contributed by atoms with Crippen molar-refractivity contribution in [3.8, 4) is 0 Å². The minimum absolute atomic E-state index is 0.231. The summed E-state index contributed by atoms with van der Waals surface area (Å²) < 4.78 is 36.3. The van der Waals surface area contributed by atoms with Crippen molar-refractivity contribution in [3.63, 3.8) is 0 Å². The molecule has 0 saturated heterocycles. The van der Waals surface area contributed by atoms with E-state index < -0.39 is 10.0 Å². The largest absolute Gasteiger partial charge is 0.382 e. The van der Waals surface area contributed by atoms with Gasteiger partial charge in [0.1, 0.15) is 0 Å². The Kier molecular flexibility index (Phi) is 7.03. The van der Waals surface area contributed by atoms with Gasteiger partial charge in [-0.1, -0.05) is 0 Å². The molecule has 8 heteroatoms. The van der Waals surface area contributed by atoms with Crippen LogP contribution in [0, 0.1) is 0 Å². The third-order valence-corrected chi connectivity index (χ3v) is 3.80. The summed E-state index contributed by atoms with van der Waals surface area (Å²) in [5, 5.41) is 2.94. The van der Waals surface area contributed by atoms with E-state index in [4.69, 9.17) is 9.47 Å². The molecular weight excluding hydrogens is 270 g/mol. The lowest BCUT2D eigenvalue weighted by atomic mass is 10.4. The van der Waals surface area contributed by atoms with Gasteiger partial charge in [0.25, 0.3) is 0 Å². The Labute approximate surface area is 113 Å². The first-order chi connectivity index (χ1) is 9.10. The lowest BCUT2D eigenvalue weighted by Crippen LogP contribution is -2.27. The van der Waals surface area contributed by atoms with Gasteiger partial charge in [0, 0.05) is 32.1 Å². The summed E-state index contributed by atoms with van der Waals surface area (Å²) in [6.07, 6.45) is 1.47. The van der Waals surface area contributed by atoms with E-state index >= 15 is 0 Å². The number of sulfonamides is 1. The van der Waals surface area contributed by atoms with Crippen molar-refractivity contribution < 1.29 is 17.9 Å². The fourth-order valence-corrected chi connectivity index (χ4v) is 2.47. The van der Waals surface area contributed by atoms with Crippen molar-refractivity contribution >= 4 is 10.0 Å². The third kappa shape index (κ3) is 5.70. The van der Waals surface area contributed by atoms with E-state index in [1.54, 1.807) is 20.2 Å². The molecule has 0 spiro atoms. The van der Waals surface area contributed by atoms with Gasteiger partial charge in [-0.3, -0.25) is 0 Å². The second-order valence-corrected chi connectivity index (χ2v) is 5.66. The molecule has 0 aliphatic carbocycles. The van der Waals surface area contributed by atoms with Crippen molar-refractivity contribution in [1.29, 1.82) is 0 Å². The van der Waals surface area contributed by atoms with E-state index in [9.17, 15) is 8.42 Å². The summed E-state index contributed by atoms with van der Waals surface area (Å²) in [4.78, 5) is 3.13. The maximum absolute atomic E-state index is 11.9. The summed E-state index contributed by atoms with van der Waals surface area (Å²) in [7, 11) is -0.0905. The second kappa shape index (κ2) is 8.28. The van der Waals surface area contributed by atoms with Gasteiger partial charge in [-0.15, -0.1) is 0 Å². The monoisotopic (exact) mass is 291 g/mol. The minimum Gasteiger partial charge on any atom is -0.382 e. The summed E-state index contributed by atoms with van der Waals surface area (Å²) >= 11 is 0. The van der Waals surface area contributed by atoms with E-state index in [-0.39, 0.29) is 11.4 Å². The van der Waals surface area contributed by atoms with Gasteiger partial charge < -0.3 is 19.8 Å². The molecule has 0 saturated carbocycles. The normalized spacial score (nSPS) is 11.9. The van der Waals surface area contributed by atoms with Crippen LogP contribution < -0.4 is 10.0 Å². The quantitative estimate of drug-likeness (QED) is 0.514. The van der Waals surface area contributed by atoms with Crippen LogP contribution in [0.4, 0.5) is 0 Å². The predicted molar refractivity (Wildman–Crippen MR) is 71.4 cm³/mol. The van der Waals surface area contributed by atoms with Crippen LogP contribution >= 0.6 is 0 Å². The zero-order chi connectivity index (χ0) is 14.1. The number of nitrogens with one attached hydrogen (secondary N) is 3. The molecule has 0 fully saturated rings. The third-order valence-electron chi connectivity index (χ3n) is 2.36. The number of methoxy groups -OCH3 is 1. The highest BCUT2D eigenvalue weighted by molar-refractivity contribution is 7.89. The Morgan fingerprint density at radius 2 is 2.11 bits per heavy atom. The summed E-state index contributed by atoms with van der Waals surface area (Å²) in [6, 6.07) is 1.60. The van der Waals surface area contributed by atoms with Gasteiger partial charge >= 0.3 is 0 Å². The molecule has 1 rings (SSSR count). The van der Waals surface area contributed by atoms with Crippen LogP contribution in [0.5, 0.6) is 0 Å². The highest BCUT2D eigenvalue weighted by Crippen LogP contribution is 2.09. The first-order valence-corrected chi connectivity index (χ1v) is 7.46. The van der Waals surface area contributed by atoms with Crippen LogP contribution in [0.3, 0.4) is 0 Å². The Balaban J connectivity index is 2.38. The van der Waals surface area contributed by atoms with Gasteiger partial charge in [0.15, 0.2) is 0 Å². The van der Waals surface area contributed by atoms with Gasteiger partial charge in [-0.2, -0.15) is 0 Å². The van der Waals surface area contributed by atoms with Crippen molar-refractivity contribution in [3.05, 3.63) is 18.0 Å². The molecule has 0 aliphatic heterocycles. The molecule has 1 aromatic rings. The molecule has 3 N–H and O–H groups in total. The first kappa shape index (κ1) is 16.1. The molecule has 0 atom stereocenters. The molecular formula is C11H21N3O4S. The zero-order valence-corrected chi connectivity index (χ0v) is 12.0. The summed E-state index contributed by atoms with van der Waals surface area (Å²) in [6.45, 7) is 2.09. The Morgan fingerprint density at radius 3 is 2.79 bits per heavy atom. The number of rotatable bonds is 10. The van der Waals surface area contributed by atoms with Crippen molar-refractivity contribution in [2.45, 2.75) is 11.4 Å². The lowest BCUT2D eigenvalue weighted by molar-refractivity contribution is 0.0736. The summed E-state index contributed by atoms with van der Waals surface area (Å²) in [5.41, 5.74) is 0.819. The van der Waals surface area contributed by atoms with Crippen molar-refractivity contribution in [2.24, 2.45) is 0 Å². The molecule has 1 aromatic heterocycles. The van der Waals surface area contributed by atoms with Crippen molar-refractivity contribution in [2.75, 3.05) is 40.5 Å². The van der Waals surface area contributed by atoms with Crippen LogP contribution in [-0.2, 0) is 26.0 Å². The fraction of sp³-hybridized carbons (Fsp3) is 0.636. The molecule has 0 amide bonds. The zero-order valence-electron chi connectivity index (χ0n) is 11.2. The van der Waals surface area contributed by atoms with E-state index in [1.807, 2.05) is 0 Å². The highest BCUT2D eigenvalue weighted by atomic mass is 32.2. The van der Waals surface area contributed by atoms with Gasteiger partial charge in [0.2, 0.25) is 10.0 Å². The van der Waals surface area contributed by atoms with E-state index in [0.29, 0.717) is 26.4 Å². The molecule has 0 aliphatic rings. The van der Waals surface area contributed by atoms with Crippen LogP contribution in [0.2, 0.25) is 0 Å². The number of hydrogen-bond donors (Lipinski definition) is 3. The molecule has 110 valence electrons. The van der Waals surface area contributed by atoms with Crippen LogP contribution in [-0.4, -0.2) is 53.9 Å². The smallest absolute Gasteiger partial charge is 0.242 e. The number of hydrogen-bond acceptors (Lipinski definition) is 5. The Bertz CT molecular complexity index is 458. The first-order valence-electron chi connectivity index (χ1n) is 5.98. The number of ether oxygens (including phenoxy) is 2. The van der Waals surface area contributed by atoms with Crippen molar-refractivity contribution in [1.82, 2.24) is 15.0 Å². The van der Waals surface area contributed by atoms with Crippen LogP contribution in [0.15, 0.2) is 17.2 Å². The Hall–Kier alpha value is -0.930. The SMILES string of the molecule is CNCc1cc(S(=O)(=O)NCCOCCOC)c[nH]1. The molecule has 0 unspecified atom stereocenters. The average molecular weight is 291 g/mol. The van der Waals surface area contributed by atoms with Crippen LogP contribution in [0.25, 0.3) is 0 Å². The molecule has 19 heavy (non-hydrogen) atoms. The minimum atomic E-state index is -3.47. The van der Waals surface area contributed by atoms with Crippen LogP contribution in [0.1, 0.15) is 5.69 Å². The standard InChI is InChI=1S/C11H21N3O4S/c1-12-8-10-7-11(9-13-10)19(15,16)14-3-4-18-6-5-17-2/h7,9,12-14H,3-6,8H2,1-2H3. The molecule has 0 bridgehead atoms. The molecule has 0 aromatic carbocycles. The molecule has 1 heterocycles. The number of aromatic nitrogens is 1. The maximum atomic E-state index is 11.9. The Morgan fingerprint density at radius 1 is 1.32 bits per heavy atom. The molecule has 7 nitrogen and oxygen atoms in total. The lowest BCUT2D eigenvalue weighted by Gasteiger charge is -2.05. The average Bonchev–Trinajstić information content (AvgIpc) is 2.83. The number of H-pyrrole nitrogens is 1. The van der Waals surface area contributed by atoms with E-state index in [0.717, 1.165) is 5.69 Å². The topological polar surface area (TPSA) is 92.5 Å². The van der Waals surface area contributed by atoms with Gasteiger partial charge in [-0.05, 0) is 13.1 Å². The highest BCUT2D eigenvalue weighted by Gasteiger charge is 2.15. The van der Waals surface area contributed by atoms with Gasteiger partial charge in [-0.25, -0.2) is 13.1 Å². The summed E-state index contributed by atoms with van der Waals surface area (Å²) in [5.74, 6) is 0. The fourth-order valence-electron chi connectivity index (χ4n) is 1.44.